The van der Waals surface area contributed by atoms with E-state index in [1.165, 1.54) is 0 Å². The van der Waals surface area contributed by atoms with Crippen LogP contribution < -0.4 is 4.74 Å². The minimum Gasteiger partial charge on any atom is -0.508 e. The molecule has 4 nitrogen and oxygen atoms in total. The lowest BCUT2D eigenvalue weighted by atomic mass is 9.84. The minimum atomic E-state index is -0.217. The standard InChI is InChI=1S/C27H39NO3/c1-7-8-14-26(30)31-25-16-15-24(29)21(6)27(25)23(22-12-10-9-11-13-22)17-18-28(19(2)3)20(4)5/h9-13,15-16,19-20,23,29H,7-8,14,17-18H2,1-6H3. The Balaban J connectivity index is 2.47. The average Bonchev–Trinajstić information content (AvgIpc) is 2.73. The molecule has 0 radical (unpaired) electrons. The normalized spacial score (nSPS) is 12.5. The van der Waals surface area contributed by atoms with Crippen LogP contribution in [0.3, 0.4) is 0 Å². The summed E-state index contributed by atoms with van der Waals surface area (Å²) in [5.74, 6) is 0.591. The Hall–Kier alpha value is -2.33. The van der Waals surface area contributed by atoms with Crippen LogP contribution in [0.2, 0.25) is 0 Å². The van der Waals surface area contributed by atoms with Crippen molar-refractivity contribution in [1.29, 1.82) is 0 Å². The van der Waals surface area contributed by atoms with Crippen molar-refractivity contribution in [2.24, 2.45) is 0 Å². The molecule has 2 rings (SSSR count). The smallest absolute Gasteiger partial charge is 0.311 e. The first-order chi connectivity index (χ1) is 14.8. The Kier molecular flexibility index (Phi) is 9.57. The molecule has 0 heterocycles. The molecule has 0 aromatic heterocycles. The van der Waals surface area contributed by atoms with Crippen molar-refractivity contribution in [2.75, 3.05) is 6.54 Å². The molecule has 2 aromatic rings. The van der Waals surface area contributed by atoms with E-state index in [9.17, 15) is 9.90 Å². The monoisotopic (exact) mass is 425 g/mol. The first-order valence-corrected chi connectivity index (χ1v) is 11.6. The number of rotatable bonds is 11. The highest BCUT2D eigenvalue weighted by molar-refractivity contribution is 5.73. The van der Waals surface area contributed by atoms with Crippen molar-refractivity contribution in [3.8, 4) is 11.5 Å². The largest absolute Gasteiger partial charge is 0.508 e. The minimum absolute atomic E-state index is 0.0160. The highest BCUT2D eigenvalue weighted by Crippen LogP contribution is 2.40. The van der Waals surface area contributed by atoms with Gasteiger partial charge in [0, 0.05) is 30.0 Å². The molecule has 1 N–H and O–H groups in total. The van der Waals surface area contributed by atoms with Gasteiger partial charge in [-0.2, -0.15) is 0 Å². The first-order valence-electron chi connectivity index (χ1n) is 11.6. The quantitative estimate of drug-likeness (QED) is 0.332. The third-order valence-corrected chi connectivity index (χ3v) is 5.96. The molecule has 0 fully saturated rings. The molecule has 0 amide bonds. The zero-order chi connectivity index (χ0) is 23.0. The Labute approximate surface area is 188 Å². The van der Waals surface area contributed by atoms with Gasteiger partial charge in [-0.25, -0.2) is 0 Å². The highest BCUT2D eigenvalue weighted by atomic mass is 16.5. The van der Waals surface area contributed by atoms with E-state index in [0.29, 0.717) is 24.3 Å². The third-order valence-electron chi connectivity index (χ3n) is 5.96. The van der Waals surface area contributed by atoms with Gasteiger partial charge < -0.3 is 9.84 Å². The van der Waals surface area contributed by atoms with Crippen molar-refractivity contribution < 1.29 is 14.6 Å². The molecule has 4 heteroatoms. The molecule has 0 aliphatic heterocycles. The molecule has 0 aliphatic carbocycles. The Bertz CT molecular complexity index is 822. The molecule has 2 aromatic carbocycles. The van der Waals surface area contributed by atoms with E-state index < -0.39 is 0 Å². The molecular weight excluding hydrogens is 386 g/mol. The SMILES string of the molecule is CCCCC(=O)Oc1ccc(O)c(C)c1C(CCN(C(C)C)C(C)C)c1ccccc1. The fourth-order valence-electron chi connectivity index (χ4n) is 4.26. The Morgan fingerprint density at radius 2 is 1.68 bits per heavy atom. The summed E-state index contributed by atoms with van der Waals surface area (Å²) in [4.78, 5) is 14.9. The number of unbranched alkanes of at least 4 members (excludes halogenated alkanes) is 1. The van der Waals surface area contributed by atoms with E-state index in [0.717, 1.165) is 42.5 Å². The van der Waals surface area contributed by atoms with Crippen molar-refractivity contribution >= 4 is 5.97 Å². The lowest BCUT2D eigenvalue weighted by Gasteiger charge is -2.33. The van der Waals surface area contributed by atoms with Crippen molar-refractivity contribution in [2.45, 2.75) is 85.2 Å². The molecule has 0 aliphatic rings. The summed E-state index contributed by atoms with van der Waals surface area (Å²) in [5.41, 5.74) is 2.84. The van der Waals surface area contributed by atoms with E-state index in [1.807, 2.05) is 25.1 Å². The molecule has 1 atom stereocenters. The summed E-state index contributed by atoms with van der Waals surface area (Å²) in [7, 11) is 0. The fraction of sp³-hybridized carbons (Fsp3) is 0.519. The van der Waals surface area contributed by atoms with Gasteiger partial charge >= 0.3 is 5.97 Å². The van der Waals surface area contributed by atoms with Gasteiger partial charge in [-0.15, -0.1) is 0 Å². The van der Waals surface area contributed by atoms with Gasteiger partial charge in [0.2, 0.25) is 0 Å². The summed E-state index contributed by atoms with van der Waals surface area (Å²) >= 11 is 0. The van der Waals surface area contributed by atoms with Crippen LogP contribution >= 0.6 is 0 Å². The number of nitrogens with zero attached hydrogens (tertiary/aromatic N) is 1. The molecule has 0 bridgehead atoms. The van der Waals surface area contributed by atoms with Crippen LogP contribution in [0.4, 0.5) is 0 Å². The number of hydrogen-bond acceptors (Lipinski definition) is 4. The summed E-state index contributed by atoms with van der Waals surface area (Å²) in [6.45, 7) is 13.8. The predicted octanol–water partition coefficient (Wildman–Crippen LogP) is 6.44. The third kappa shape index (κ3) is 6.83. The van der Waals surface area contributed by atoms with Crippen LogP contribution in [0.25, 0.3) is 0 Å². The second kappa shape index (κ2) is 11.9. The van der Waals surface area contributed by atoms with E-state index in [4.69, 9.17) is 4.74 Å². The molecule has 0 saturated heterocycles. The number of phenols is 1. The summed E-state index contributed by atoms with van der Waals surface area (Å²) < 4.78 is 5.82. The van der Waals surface area contributed by atoms with Gasteiger partial charge in [0.05, 0.1) is 0 Å². The maximum atomic E-state index is 12.4. The lowest BCUT2D eigenvalue weighted by Crippen LogP contribution is -2.38. The molecule has 1 unspecified atom stereocenters. The Morgan fingerprint density at radius 1 is 1.03 bits per heavy atom. The van der Waals surface area contributed by atoms with Gasteiger partial charge in [-0.3, -0.25) is 9.69 Å². The van der Waals surface area contributed by atoms with E-state index in [2.05, 4.69) is 51.7 Å². The van der Waals surface area contributed by atoms with E-state index in [-0.39, 0.29) is 17.6 Å². The fourth-order valence-corrected chi connectivity index (χ4v) is 4.26. The van der Waals surface area contributed by atoms with E-state index >= 15 is 0 Å². The van der Waals surface area contributed by atoms with Gasteiger partial charge in [-0.1, -0.05) is 43.7 Å². The average molecular weight is 426 g/mol. The number of esters is 1. The summed E-state index contributed by atoms with van der Waals surface area (Å²) in [6, 6.07) is 14.6. The molecule has 0 saturated carbocycles. The van der Waals surface area contributed by atoms with Crippen LogP contribution in [-0.2, 0) is 4.79 Å². The second-order valence-corrected chi connectivity index (χ2v) is 8.88. The van der Waals surface area contributed by atoms with Crippen LogP contribution in [-0.4, -0.2) is 34.6 Å². The van der Waals surface area contributed by atoms with Crippen LogP contribution in [0, 0.1) is 6.92 Å². The number of hydrogen-bond donors (Lipinski definition) is 1. The van der Waals surface area contributed by atoms with Gasteiger partial charge in [0.1, 0.15) is 11.5 Å². The molecular formula is C27H39NO3. The van der Waals surface area contributed by atoms with Crippen molar-refractivity contribution in [3.63, 3.8) is 0 Å². The van der Waals surface area contributed by atoms with Crippen LogP contribution in [0.5, 0.6) is 11.5 Å². The van der Waals surface area contributed by atoms with E-state index in [1.54, 1.807) is 12.1 Å². The second-order valence-electron chi connectivity index (χ2n) is 8.88. The number of carbonyl (C=O) groups is 1. The first kappa shape index (κ1) is 24.9. The summed E-state index contributed by atoms with van der Waals surface area (Å²) in [5, 5.41) is 10.5. The maximum Gasteiger partial charge on any atom is 0.311 e. The molecule has 0 spiro atoms. The van der Waals surface area contributed by atoms with Crippen molar-refractivity contribution in [3.05, 3.63) is 59.2 Å². The van der Waals surface area contributed by atoms with Crippen molar-refractivity contribution in [1.82, 2.24) is 4.90 Å². The maximum absolute atomic E-state index is 12.4. The van der Waals surface area contributed by atoms with Gasteiger partial charge in [0.25, 0.3) is 0 Å². The topological polar surface area (TPSA) is 49.8 Å². The summed E-state index contributed by atoms with van der Waals surface area (Å²) in [6.07, 6.45) is 3.03. The predicted molar refractivity (Wildman–Crippen MR) is 128 cm³/mol. The zero-order valence-corrected chi connectivity index (χ0v) is 20.0. The Morgan fingerprint density at radius 3 is 2.26 bits per heavy atom. The number of carbonyl (C=O) groups excluding carboxylic acids is 1. The number of ether oxygens (including phenoxy) is 1. The zero-order valence-electron chi connectivity index (χ0n) is 20.0. The molecule has 170 valence electrons. The number of phenolic OH excluding ortho intramolecular Hbond substituents is 1. The van der Waals surface area contributed by atoms with Gasteiger partial charge in [-0.05, 0) is 77.3 Å². The van der Waals surface area contributed by atoms with Crippen LogP contribution in [0.15, 0.2) is 42.5 Å². The van der Waals surface area contributed by atoms with Crippen LogP contribution in [0.1, 0.15) is 82.9 Å². The number of benzene rings is 2. The number of aromatic hydroxyl groups is 1. The van der Waals surface area contributed by atoms with Gasteiger partial charge in [0.15, 0.2) is 0 Å². The molecule has 31 heavy (non-hydrogen) atoms. The highest BCUT2D eigenvalue weighted by Gasteiger charge is 2.25. The lowest BCUT2D eigenvalue weighted by molar-refractivity contribution is -0.134.